The Morgan fingerprint density at radius 3 is 2.40 bits per heavy atom. The number of ether oxygens (including phenoxy) is 1. The summed E-state index contributed by atoms with van der Waals surface area (Å²) >= 11 is 1.20. The van der Waals surface area contributed by atoms with Crippen LogP contribution in [0.5, 0.6) is 5.75 Å². The van der Waals surface area contributed by atoms with E-state index in [2.05, 4.69) is 24.8 Å². The second kappa shape index (κ2) is 12.0. The fraction of sp³-hybridized carbons (Fsp3) is 0.172. The molecule has 0 spiro atoms. The second-order valence-electron chi connectivity index (χ2n) is 9.20. The molecular formula is C29H23F3N6O3S. The van der Waals surface area contributed by atoms with Crippen molar-refractivity contribution in [1.29, 1.82) is 0 Å². The molecule has 1 aromatic heterocycles. The molecule has 0 atom stereocenters. The number of anilines is 1. The Bertz CT molecular complexity index is 1660. The number of amidine groups is 1. The van der Waals surface area contributed by atoms with Crippen LogP contribution in [0.2, 0.25) is 0 Å². The molecule has 5 rings (SSSR count). The molecule has 0 saturated carbocycles. The summed E-state index contributed by atoms with van der Waals surface area (Å²) in [5, 5.41) is 4.70. The molecule has 1 fully saturated rings. The quantitative estimate of drug-likeness (QED) is 0.243. The van der Waals surface area contributed by atoms with E-state index in [4.69, 9.17) is 0 Å². The molecule has 214 valence electrons. The molecule has 0 aliphatic carbocycles. The van der Waals surface area contributed by atoms with Crippen molar-refractivity contribution in [3.63, 3.8) is 0 Å². The molecular weight excluding hydrogens is 569 g/mol. The highest BCUT2D eigenvalue weighted by molar-refractivity contribution is 8.15. The lowest BCUT2D eigenvalue weighted by Gasteiger charge is -2.20. The van der Waals surface area contributed by atoms with E-state index in [1.807, 2.05) is 56.3 Å². The van der Waals surface area contributed by atoms with Gasteiger partial charge in [-0.3, -0.25) is 9.69 Å². The van der Waals surface area contributed by atoms with Gasteiger partial charge in [0.15, 0.2) is 11.0 Å². The van der Waals surface area contributed by atoms with Crippen LogP contribution in [0.15, 0.2) is 83.0 Å². The van der Waals surface area contributed by atoms with Crippen LogP contribution in [0.4, 0.5) is 23.7 Å². The lowest BCUT2D eigenvalue weighted by atomic mass is 10.1. The lowest BCUT2D eigenvalue weighted by molar-refractivity contribution is -0.274. The fourth-order valence-corrected chi connectivity index (χ4v) is 5.12. The average Bonchev–Trinajstić information content (AvgIpc) is 3.56. The number of rotatable bonds is 6. The van der Waals surface area contributed by atoms with Gasteiger partial charge in [0.1, 0.15) is 12.1 Å². The van der Waals surface area contributed by atoms with Crippen molar-refractivity contribution in [3.05, 3.63) is 89.7 Å². The summed E-state index contributed by atoms with van der Waals surface area (Å²) in [4.78, 5) is 38.8. The Morgan fingerprint density at radius 1 is 1.05 bits per heavy atom. The van der Waals surface area contributed by atoms with E-state index in [0.29, 0.717) is 23.1 Å². The predicted octanol–water partition coefficient (Wildman–Crippen LogP) is 6.32. The number of aromatic nitrogens is 3. The molecule has 1 saturated heterocycles. The minimum absolute atomic E-state index is 0.138. The van der Waals surface area contributed by atoms with Crippen molar-refractivity contribution in [3.8, 4) is 22.8 Å². The Balaban J connectivity index is 1.20. The topological polar surface area (TPSA) is 102 Å². The van der Waals surface area contributed by atoms with Gasteiger partial charge in [0.2, 0.25) is 5.91 Å². The van der Waals surface area contributed by atoms with E-state index in [1.54, 1.807) is 0 Å². The number of nitrogens with zero attached hydrogens (tertiary/aromatic N) is 6. The van der Waals surface area contributed by atoms with Crippen molar-refractivity contribution in [2.45, 2.75) is 26.6 Å². The molecule has 1 aliphatic rings. The van der Waals surface area contributed by atoms with Crippen molar-refractivity contribution >= 4 is 40.8 Å². The summed E-state index contributed by atoms with van der Waals surface area (Å²) in [5.41, 5.74) is 4.67. The molecule has 9 nitrogen and oxygen atoms in total. The third kappa shape index (κ3) is 6.74. The molecule has 13 heteroatoms. The summed E-state index contributed by atoms with van der Waals surface area (Å²) in [6.45, 7) is 3.81. The first-order chi connectivity index (χ1) is 20.1. The second-order valence-corrected chi connectivity index (χ2v) is 10.1. The van der Waals surface area contributed by atoms with E-state index in [9.17, 15) is 22.8 Å². The molecule has 2 heterocycles. The first kappa shape index (κ1) is 28.7. The smallest absolute Gasteiger partial charge is 0.406 e. The standard InChI is InChI=1S/C29H23F3N6O3S/c1-18-4-3-5-19(2)25(18)38-24(39)16-42-28(38)35-27(40)33-15-14-20-6-8-21(9-7-20)26-34-17-37(36-26)22-10-12-23(13-11-22)41-29(30,31)32/h3-13,15,17H,14,16H2,1-2H3. The highest BCUT2D eigenvalue weighted by Gasteiger charge is 2.32. The van der Waals surface area contributed by atoms with Crippen LogP contribution < -0.4 is 9.64 Å². The average molecular weight is 593 g/mol. The number of thioether (sulfide) groups is 1. The Labute approximate surface area is 242 Å². The summed E-state index contributed by atoms with van der Waals surface area (Å²) in [6, 6.07) is 17.6. The maximum absolute atomic E-state index is 12.6. The van der Waals surface area contributed by atoms with Crippen LogP contribution in [-0.2, 0) is 11.2 Å². The van der Waals surface area contributed by atoms with E-state index in [-0.39, 0.29) is 17.4 Å². The van der Waals surface area contributed by atoms with E-state index in [0.717, 1.165) is 27.9 Å². The maximum Gasteiger partial charge on any atom is 0.573 e. The number of alkyl halides is 3. The van der Waals surface area contributed by atoms with Gasteiger partial charge in [0.25, 0.3) is 0 Å². The maximum atomic E-state index is 12.6. The van der Waals surface area contributed by atoms with Gasteiger partial charge in [-0.1, -0.05) is 54.2 Å². The van der Waals surface area contributed by atoms with Gasteiger partial charge >= 0.3 is 12.4 Å². The Kier molecular flexibility index (Phi) is 8.20. The van der Waals surface area contributed by atoms with Crippen molar-refractivity contribution in [2.24, 2.45) is 9.98 Å². The number of urea groups is 1. The highest BCUT2D eigenvalue weighted by Crippen LogP contribution is 2.32. The summed E-state index contributed by atoms with van der Waals surface area (Å²) in [6.07, 6.45) is -1.47. The molecule has 0 unspecified atom stereocenters. The number of carbonyl (C=O) groups excluding carboxylic acids is 2. The van der Waals surface area contributed by atoms with Crippen molar-refractivity contribution in [1.82, 2.24) is 14.8 Å². The zero-order chi connectivity index (χ0) is 29.9. The minimum atomic E-state index is -4.76. The normalized spacial score (nSPS) is 14.7. The molecule has 3 aromatic carbocycles. The number of aliphatic imine (C=N–C) groups is 2. The zero-order valence-corrected chi connectivity index (χ0v) is 23.2. The zero-order valence-electron chi connectivity index (χ0n) is 22.4. The van der Waals surface area contributed by atoms with Crippen LogP contribution in [0.1, 0.15) is 16.7 Å². The van der Waals surface area contributed by atoms with Crippen LogP contribution in [0, 0.1) is 13.8 Å². The van der Waals surface area contributed by atoms with Gasteiger partial charge in [-0.15, -0.1) is 18.3 Å². The molecule has 1 aliphatic heterocycles. The van der Waals surface area contributed by atoms with Gasteiger partial charge in [-0.2, -0.15) is 4.99 Å². The number of halogens is 3. The summed E-state index contributed by atoms with van der Waals surface area (Å²) < 4.78 is 42.5. The number of hydrogen-bond acceptors (Lipinski definition) is 6. The molecule has 0 radical (unpaired) electrons. The summed E-state index contributed by atoms with van der Waals surface area (Å²) in [7, 11) is 0. The number of amides is 3. The minimum Gasteiger partial charge on any atom is -0.406 e. The van der Waals surface area contributed by atoms with Gasteiger partial charge in [0.05, 0.1) is 17.1 Å². The first-order valence-corrected chi connectivity index (χ1v) is 13.6. The third-order valence-electron chi connectivity index (χ3n) is 6.19. The fourth-order valence-electron chi connectivity index (χ4n) is 4.27. The van der Waals surface area contributed by atoms with E-state index >= 15 is 0 Å². The first-order valence-electron chi connectivity index (χ1n) is 12.6. The number of aryl methyl sites for hydroxylation is 2. The monoisotopic (exact) mass is 592 g/mol. The van der Waals surface area contributed by atoms with Gasteiger partial charge < -0.3 is 4.74 Å². The van der Waals surface area contributed by atoms with Gasteiger partial charge in [0, 0.05) is 18.2 Å². The molecule has 0 bridgehead atoms. The highest BCUT2D eigenvalue weighted by atomic mass is 32.2. The molecule has 0 N–H and O–H groups in total. The van der Waals surface area contributed by atoms with Crippen molar-refractivity contribution < 1.29 is 27.5 Å². The number of para-hydroxylation sites is 1. The Hall–Kier alpha value is -4.78. The van der Waals surface area contributed by atoms with Crippen molar-refractivity contribution in [2.75, 3.05) is 10.7 Å². The molecule has 4 aromatic rings. The van der Waals surface area contributed by atoms with Crippen LogP contribution in [-0.4, -0.2) is 50.2 Å². The van der Waals surface area contributed by atoms with Gasteiger partial charge in [-0.25, -0.2) is 19.5 Å². The van der Waals surface area contributed by atoms with E-state index < -0.39 is 12.4 Å². The van der Waals surface area contributed by atoms with Crippen LogP contribution in [0.25, 0.3) is 17.1 Å². The Morgan fingerprint density at radius 2 is 1.74 bits per heavy atom. The number of hydrogen-bond donors (Lipinski definition) is 0. The molecule has 3 amide bonds. The number of benzene rings is 3. The lowest BCUT2D eigenvalue weighted by Crippen LogP contribution is -2.31. The largest absolute Gasteiger partial charge is 0.573 e. The van der Waals surface area contributed by atoms with Gasteiger partial charge in [-0.05, 0) is 54.8 Å². The third-order valence-corrected chi connectivity index (χ3v) is 7.11. The van der Waals surface area contributed by atoms with Crippen LogP contribution in [0.3, 0.4) is 0 Å². The summed E-state index contributed by atoms with van der Waals surface area (Å²) in [5.74, 6) is 0.160. The predicted molar refractivity (Wildman–Crippen MR) is 154 cm³/mol. The molecule has 42 heavy (non-hydrogen) atoms. The van der Waals surface area contributed by atoms with Crippen LogP contribution >= 0.6 is 11.8 Å². The number of carbonyl (C=O) groups is 2. The van der Waals surface area contributed by atoms with E-state index in [1.165, 1.54) is 58.2 Å². The SMILES string of the molecule is Cc1cccc(C)c1N1C(=O)CSC1=NC(=O)N=CCc1ccc(-c2ncn(-c3ccc(OC(F)(F)F)cc3)n2)cc1.